The summed E-state index contributed by atoms with van der Waals surface area (Å²) in [4.78, 5) is 35.5. The van der Waals surface area contributed by atoms with Crippen molar-refractivity contribution in [1.29, 1.82) is 0 Å². The molecule has 18 heavy (non-hydrogen) atoms. The number of carbonyl (C=O) groups excluding carboxylic acids is 3. The number of imide groups is 2. The zero-order chi connectivity index (χ0) is 14.1. The predicted molar refractivity (Wildman–Crippen MR) is 61.9 cm³/mol. The lowest BCUT2D eigenvalue weighted by Gasteiger charge is -2.34. The molecule has 1 heterocycles. The summed E-state index contributed by atoms with van der Waals surface area (Å²) < 4.78 is 24.5. The Labute approximate surface area is 105 Å². The molecule has 0 saturated carbocycles. The minimum Gasteiger partial charge on any atom is -0.277 e. The third kappa shape index (κ3) is 2.67. The maximum absolute atomic E-state index is 11.9. The average molecular weight is 277 g/mol. The van der Waals surface area contributed by atoms with Crippen LogP contribution in [-0.2, 0) is 19.6 Å². The van der Waals surface area contributed by atoms with Crippen molar-refractivity contribution in [2.75, 3.05) is 19.3 Å². The molecule has 0 aromatic heterocycles. The van der Waals surface area contributed by atoms with Crippen molar-refractivity contribution in [2.24, 2.45) is 5.41 Å². The number of hydrogen-bond acceptors (Lipinski definition) is 5. The normalized spacial score (nSPS) is 19.9. The van der Waals surface area contributed by atoms with Crippen molar-refractivity contribution < 1.29 is 22.8 Å². The van der Waals surface area contributed by atoms with Crippen molar-refractivity contribution in [3.63, 3.8) is 0 Å². The second-order valence-electron chi connectivity index (χ2n) is 4.36. The van der Waals surface area contributed by atoms with Crippen molar-refractivity contribution >= 4 is 27.9 Å². The van der Waals surface area contributed by atoms with E-state index in [0.717, 1.165) is 4.90 Å². The van der Waals surface area contributed by atoms with E-state index in [0.29, 0.717) is 0 Å². The Hall–Kier alpha value is -1.48. The van der Waals surface area contributed by atoms with Gasteiger partial charge in [0, 0.05) is 6.54 Å². The molecular weight excluding hydrogens is 262 g/mol. The highest BCUT2D eigenvalue weighted by Crippen LogP contribution is 2.23. The number of hydrogen-bond donors (Lipinski definition) is 2. The molecule has 0 unspecified atom stereocenters. The topological polar surface area (TPSA) is 113 Å². The Morgan fingerprint density at radius 2 is 1.83 bits per heavy atom. The average Bonchev–Trinajstić information content (AvgIpc) is 2.27. The molecule has 0 aromatic carbocycles. The van der Waals surface area contributed by atoms with Crippen LogP contribution < -0.4 is 10.0 Å². The third-order valence-electron chi connectivity index (χ3n) is 2.71. The van der Waals surface area contributed by atoms with Gasteiger partial charge in [-0.2, -0.15) is 0 Å². The Kier molecular flexibility index (Phi) is 3.77. The summed E-state index contributed by atoms with van der Waals surface area (Å²) >= 11 is 0. The second kappa shape index (κ2) is 4.65. The molecule has 1 aliphatic rings. The number of sulfonamides is 1. The molecule has 0 spiro atoms. The van der Waals surface area contributed by atoms with E-state index in [-0.39, 0.29) is 6.54 Å². The van der Waals surface area contributed by atoms with E-state index >= 15 is 0 Å². The molecule has 0 aromatic rings. The number of rotatable bonds is 4. The Morgan fingerprint density at radius 3 is 2.33 bits per heavy atom. The molecule has 9 heteroatoms. The van der Waals surface area contributed by atoms with E-state index in [1.807, 2.05) is 5.32 Å². The lowest BCUT2D eigenvalue weighted by atomic mass is 9.89. The van der Waals surface area contributed by atoms with Crippen LogP contribution in [0.4, 0.5) is 4.79 Å². The molecule has 1 fully saturated rings. The van der Waals surface area contributed by atoms with Crippen LogP contribution in [0.2, 0.25) is 0 Å². The van der Waals surface area contributed by atoms with Gasteiger partial charge < -0.3 is 0 Å². The first-order valence-electron chi connectivity index (χ1n) is 5.20. The van der Waals surface area contributed by atoms with Gasteiger partial charge in [-0.05, 0) is 20.9 Å². The Bertz CT molecular complexity index is 496. The van der Waals surface area contributed by atoms with Gasteiger partial charge in [0.2, 0.25) is 21.8 Å². The summed E-state index contributed by atoms with van der Waals surface area (Å²) in [6.07, 6.45) is 0. The largest absolute Gasteiger partial charge is 0.330 e. The van der Waals surface area contributed by atoms with Crippen LogP contribution in [0.1, 0.15) is 13.8 Å². The van der Waals surface area contributed by atoms with Crippen LogP contribution in [-0.4, -0.2) is 50.5 Å². The molecule has 8 nitrogen and oxygen atoms in total. The Morgan fingerprint density at radius 1 is 1.28 bits per heavy atom. The molecule has 0 radical (unpaired) electrons. The first kappa shape index (κ1) is 14.6. The third-order valence-corrected chi connectivity index (χ3v) is 4.05. The number of amides is 4. The van der Waals surface area contributed by atoms with Gasteiger partial charge in [0.05, 0.1) is 5.75 Å². The quantitative estimate of drug-likeness (QED) is 0.616. The summed E-state index contributed by atoms with van der Waals surface area (Å²) in [5, 5.41) is 2.02. The van der Waals surface area contributed by atoms with Gasteiger partial charge in [-0.3, -0.25) is 19.8 Å². The van der Waals surface area contributed by atoms with Crippen LogP contribution in [0, 0.1) is 5.41 Å². The van der Waals surface area contributed by atoms with Gasteiger partial charge in [0.1, 0.15) is 5.41 Å². The highest BCUT2D eigenvalue weighted by Gasteiger charge is 2.46. The fourth-order valence-electron chi connectivity index (χ4n) is 1.36. The standard InChI is InChI=1S/C9H15N3O5S/c1-9(2)6(13)11-8(15)12(7(9)14)4-5-18(16,17)10-3/h10H,4-5H2,1-3H3,(H,11,13,15). The maximum Gasteiger partial charge on any atom is 0.330 e. The first-order chi connectivity index (χ1) is 8.12. The highest BCUT2D eigenvalue weighted by molar-refractivity contribution is 7.89. The Balaban J connectivity index is 2.86. The molecule has 0 atom stereocenters. The summed E-state index contributed by atoms with van der Waals surface area (Å²) in [7, 11) is -2.29. The van der Waals surface area contributed by atoms with E-state index < -0.39 is 39.0 Å². The monoisotopic (exact) mass is 277 g/mol. The first-order valence-corrected chi connectivity index (χ1v) is 6.85. The summed E-state index contributed by atoms with van der Waals surface area (Å²) in [6.45, 7) is 2.44. The van der Waals surface area contributed by atoms with Crippen molar-refractivity contribution in [3.05, 3.63) is 0 Å². The van der Waals surface area contributed by atoms with Gasteiger partial charge >= 0.3 is 6.03 Å². The van der Waals surface area contributed by atoms with Crippen LogP contribution in [0.15, 0.2) is 0 Å². The predicted octanol–water partition coefficient (Wildman–Crippen LogP) is -1.36. The molecule has 1 rings (SSSR count). The van der Waals surface area contributed by atoms with Crippen LogP contribution >= 0.6 is 0 Å². The summed E-state index contributed by atoms with van der Waals surface area (Å²) in [6, 6.07) is -0.893. The molecule has 2 N–H and O–H groups in total. The summed E-state index contributed by atoms with van der Waals surface area (Å²) in [5.74, 6) is -1.81. The fraction of sp³-hybridized carbons (Fsp3) is 0.667. The molecule has 4 amide bonds. The van der Waals surface area contributed by atoms with E-state index in [4.69, 9.17) is 0 Å². The van der Waals surface area contributed by atoms with Crippen LogP contribution in [0.3, 0.4) is 0 Å². The molecule has 1 aliphatic heterocycles. The number of nitrogens with one attached hydrogen (secondary N) is 2. The van der Waals surface area contributed by atoms with Gasteiger partial charge in [-0.15, -0.1) is 0 Å². The maximum atomic E-state index is 11.9. The van der Waals surface area contributed by atoms with Gasteiger partial charge in [-0.25, -0.2) is 17.9 Å². The number of nitrogens with zero attached hydrogens (tertiary/aromatic N) is 1. The minimum atomic E-state index is -3.53. The molecule has 0 aliphatic carbocycles. The highest BCUT2D eigenvalue weighted by atomic mass is 32.2. The minimum absolute atomic E-state index is 0.301. The number of barbiturate groups is 1. The molecule has 102 valence electrons. The SMILES string of the molecule is CNS(=O)(=O)CCN1C(=O)NC(=O)C(C)(C)C1=O. The summed E-state index contributed by atoms with van der Waals surface area (Å²) in [5.41, 5.74) is -1.38. The molecule has 1 saturated heterocycles. The lowest BCUT2D eigenvalue weighted by Crippen LogP contribution is -2.62. The zero-order valence-electron chi connectivity index (χ0n) is 10.3. The zero-order valence-corrected chi connectivity index (χ0v) is 11.1. The van der Waals surface area contributed by atoms with Crippen LogP contribution in [0.25, 0.3) is 0 Å². The molecular formula is C9H15N3O5S. The lowest BCUT2D eigenvalue weighted by molar-refractivity contribution is -0.148. The van der Waals surface area contributed by atoms with Crippen molar-refractivity contribution in [2.45, 2.75) is 13.8 Å². The smallest absolute Gasteiger partial charge is 0.277 e. The number of carbonyl (C=O) groups is 3. The van der Waals surface area contributed by atoms with E-state index in [1.165, 1.54) is 20.9 Å². The van der Waals surface area contributed by atoms with E-state index in [1.54, 1.807) is 0 Å². The van der Waals surface area contributed by atoms with Crippen molar-refractivity contribution in [3.8, 4) is 0 Å². The van der Waals surface area contributed by atoms with Crippen molar-refractivity contribution in [1.82, 2.24) is 14.9 Å². The van der Waals surface area contributed by atoms with E-state index in [9.17, 15) is 22.8 Å². The molecule has 0 bridgehead atoms. The van der Waals surface area contributed by atoms with Gasteiger partial charge in [-0.1, -0.05) is 0 Å². The second-order valence-corrected chi connectivity index (χ2v) is 6.41. The number of urea groups is 1. The van der Waals surface area contributed by atoms with E-state index in [2.05, 4.69) is 4.72 Å². The van der Waals surface area contributed by atoms with Gasteiger partial charge in [0.15, 0.2) is 0 Å². The van der Waals surface area contributed by atoms with Gasteiger partial charge in [0.25, 0.3) is 0 Å². The van der Waals surface area contributed by atoms with Crippen LogP contribution in [0.5, 0.6) is 0 Å². The fourth-order valence-corrected chi connectivity index (χ4v) is 1.99.